The van der Waals surface area contributed by atoms with E-state index in [-0.39, 0.29) is 5.56 Å². The van der Waals surface area contributed by atoms with Crippen molar-refractivity contribution in [1.29, 1.82) is 0 Å². The van der Waals surface area contributed by atoms with Gasteiger partial charge in [-0.2, -0.15) is 0 Å². The maximum atomic E-state index is 13.2. The normalized spacial score (nSPS) is 10.8. The molecule has 5 nitrogen and oxygen atoms in total. The van der Waals surface area contributed by atoms with Crippen LogP contribution in [-0.4, -0.2) is 19.5 Å². The Hall–Kier alpha value is -2.82. The van der Waals surface area contributed by atoms with Gasteiger partial charge in [0.25, 0.3) is 5.56 Å². The average molecular weight is 334 g/mol. The Bertz CT molecular complexity index is 889. The van der Waals surface area contributed by atoms with Gasteiger partial charge in [0.2, 0.25) is 0 Å². The molecule has 0 N–H and O–H groups in total. The number of rotatable bonds is 6. The molecule has 0 aliphatic rings. The molecule has 0 fully saturated rings. The quantitative estimate of drug-likeness (QED) is 0.694. The molecule has 0 bridgehead atoms. The van der Waals surface area contributed by atoms with Crippen molar-refractivity contribution in [2.45, 2.75) is 39.5 Å². The molecule has 25 heavy (non-hydrogen) atoms. The average Bonchev–Trinajstić information content (AvgIpc) is 2.64. The van der Waals surface area contributed by atoms with Gasteiger partial charge in [0.15, 0.2) is 0 Å². The first-order valence-corrected chi connectivity index (χ1v) is 8.62. The van der Waals surface area contributed by atoms with Gasteiger partial charge in [0.1, 0.15) is 11.6 Å². The lowest BCUT2D eigenvalue weighted by molar-refractivity contribution is 0.728. The Morgan fingerprint density at radius 1 is 1.12 bits per heavy atom. The topological polar surface area (TPSA) is 60.7 Å². The van der Waals surface area contributed by atoms with E-state index >= 15 is 0 Å². The summed E-state index contributed by atoms with van der Waals surface area (Å²) in [7, 11) is 0. The van der Waals surface area contributed by atoms with Gasteiger partial charge >= 0.3 is 0 Å². The smallest absolute Gasteiger partial charge is 0.263 e. The lowest BCUT2D eigenvalue weighted by Crippen LogP contribution is -2.28. The second-order valence-electron chi connectivity index (χ2n) is 6.05. The first-order valence-electron chi connectivity index (χ1n) is 8.62. The highest BCUT2D eigenvalue weighted by molar-refractivity contribution is 5.32. The second-order valence-corrected chi connectivity index (χ2v) is 6.05. The number of hydrogen-bond donors (Lipinski definition) is 0. The van der Waals surface area contributed by atoms with E-state index in [9.17, 15) is 4.79 Å². The monoisotopic (exact) mass is 334 g/mol. The van der Waals surface area contributed by atoms with Gasteiger partial charge in [-0.25, -0.2) is 14.5 Å². The fraction of sp³-hybridized carbons (Fsp3) is 0.300. The summed E-state index contributed by atoms with van der Waals surface area (Å²) < 4.78 is 1.60. The highest BCUT2D eigenvalue weighted by Crippen LogP contribution is 2.14. The Morgan fingerprint density at radius 2 is 2.00 bits per heavy atom. The molecule has 0 aliphatic carbocycles. The van der Waals surface area contributed by atoms with Crippen molar-refractivity contribution >= 4 is 0 Å². The summed E-state index contributed by atoms with van der Waals surface area (Å²) in [5, 5.41) is 0. The van der Waals surface area contributed by atoms with Crippen LogP contribution in [0, 0.1) is 6.92 Å². The molecule has 3 aromatic heterocycles. The molecule has 0 amide bonds. The molecule has 0 saturated heterocycles. The minimum atomic E-state index is -0.0406. The summed E-state index contributed by atoms with van der Waals surface area (Å²) in [6, 6.07) is 9.42. The molecule has 0 aromatic carbocycles. The fourth-order valence-electron chi connectivity index (χ4n) is 2.91. The van der Waals surface area contributed by atoms with Gasteiger partial charge in [-0.3, -0.25) is 9.78 Å². The van der Waals surface area contributed by atoms with E-state index in [0.29, 0.717) is 18.1 Å². The molecule has 0 radical (unpaired) electrons. The predicted octanol–water partition coefficient (Wildman–Crippen LogP) is 3.26. The van der Waals surface area contributed by atoms with Crippen molar-refractivity contribution in [3.05, 3.63) is 81.9 Å². The Balaban J connectivity index is 2.13. The SMILES string of the molecule is CCCCc1nc(C)n(-c2ccccn2)c(=O)c1Cc1cccnc1. The number of pyridine rings is 2. The van der Waals surface area contributed by atoms with Crippen LogP contribution in [0.1, 0.15) is 42.4 Å². The zero-order chi connectivity index (χ0) is 17.6. The summed E-state index contributed by atoms with van der Waals surface area (Å²) in [6.45, 7) is 4.00. The summed E-state index contributed by atoms with van der Waals surface area (Å²) in [6.07, 6.45) is 8.65. The zero-order valence-electron chi connectivity index (χ0n) is 14.6. The predicted molar refractivity (Wildman–Crippen MR) is 98.0 cm³/mol. The van der Waals surface area contributed by atoms with E-state index in [0.717, 1.165) is 36.1 Å². The number of aromatic nitrogens is 4. The third kappa shape index (κ3) is 3.82. The molecule has 0 unspecified atom stereocenters. The Labute approximate surface area is 147 Å². The number of aryl methyl sites for hydroxylation is 2. The van der Waals surface area contributed by atoms with Gasteiger partial charge in [0, 0.05) is 30.6 Å². The fourth-order valence-corrected chi connectivity index (χ4v) is 2.91. The van der Waals surface area contributed by atoms with Gasteiger partial charge in [-0.1, -0.05) is 25.5 Å². The maximum Gasteiger partial charge on any atom is 0.263 e. The van der Waals surface area contributed by atoms with Crippen LogP contribution in [0.4, 0.5) is 0 Å². The van der Waals surface area contributed by atoms with Crippen molar-refractivity contribution in [3.8, 4) is 5.82 Å². The maximum absolute atomic E-state index is 13.2. The van der Waals surface area contributed by atoms with Crippen LogP contribution in [0.25, 0.3) is 5.82 Å². The van der Waals surface area contributed by atoms with Crippen LogP contribution in [0.15, 0.2) is 53.7 Å². The van der Waals surface area contributed by atoms with Gasteiger partial charge in [-0.15, -0.1) is 0 Å². The summed E-state index contributed by atoms with van der Waals surface area (Å²) in [5.74, 6) is 1.27. The highest BCUT2D eigenvalue weighted by Gasteiger charge is 2.16. The largest absolute Gasteiger partial charge is 0.268 e. The molecule has 0 atom stereocenters. The molecular weight excluding hydrogens is 312 g/mol. The van der Waals surface area contributed by atoms with Crippen LogP contribution >= 0.6 is 0 Å². The van der Waals surface area contributed by atoms with Crippen LogP contribution < -0.4 is 5.56 Å². The summed E-state index contributed by atoms with van der Waals surface area (Å²) in [5.41, 5.74) is 2.59. The van der Waals surface area contributed by atoms with Gasteiger partial charge in [0.05, 0.1) is 5.69 Å². The number of nitrogens with zero attached hydrogens (tertiary/aromatic N) is 4. The van der Waals surface area contributed by atoms with Crippen molar-refractivity contribution in [2.24, 2.45) is 0 Å². The molecule has 3 rings (SSSR count). The third-order valence-corrected chi connectivity index (χ3v) is 4.18. The Kier molecular flexibility index (Phi) is 5.33. The van der Waals surface area contributed by atoms with E-state index in [1.54, 1.807) is 23.2 Å². The minimum absolute atomic E-state index is 0.0406. The molecular formula is C20H22N4O. The standard InChI is InChI=1S/C20H22N4O/c1-3-4-9-18-17(13-16-8-7-11-21-14-16)20(25)24(15(2)23-18)19-10-5-6-12-22-19/h5-8,10-12,14H,3-4,9,13H2,1-2H3. The van der Waals surface area contributed by atoms with Crippen molar-refractivity contribution in [1.82, 2.24) is 19.5 Å². The van der Waals surface area contributed by atoms with Crippen molar-refractivity contribution in [3.63, 3.8) is 0 Å². The molecule has 0 saturated carbocycles. The first-order chi connectivity index (χ1) is 12.2. The van der Waals surface area contributed by atoms with Crippen LogP contribution in [-0.2, 0) is 12.8 Å². The van der Waals surface area contributed by atoms with Gasteiger partial charge in [-0.05, 0) is 43.5 Å². The number of unbranched alkanes of at least 4 members (excludes halogenated alkanes) is 1. The van der Waals surface area contributed by atoms with E-state index in [1.165, 1.54) is 0 Å². The zero-order valence-corrected chi connectivity index (χ0v) is 14.6. The second kappa shape index (κ2) is 7.83. The highest BCUT2D eigenvalue weighted by atomic mass is 16.1. The molecule has 0 aliphatic heterocycles. The van der Waals surface area contributed by atoms with E-state index in [2.05, 4.69) is 16.9 Å². The van der Waals surface area contributed by atoms with Crippen molar-refractivity contribution < 1.29 is 0 Å². The Morgan fingerprint density at radius 3 is 2.68 bits per heavy atom. The lowest BCUT2D eigenvalue weighted by atomic mass is 10.0. The summed E-state index contributed by atoms with van der Waals surface area (Å²) >= 11 is 0. The molecule has 3 aromatic rings. The third-order valence-electron chi connectivity index (χ3n) is 4.18. The minimum Gasteiger partial charge on any atom is -0.268 e. The van der Waals surface area contributed by atoms with Crippen molar-refractivity contribution in [2.75, 3.05) is 0 Å². The van der Waals surface area contributed by atoms with Crippen LogP contribution in [0.3, 0.4) is 0 Å². The first kappa shape index (κ1) is 17.0. The molecule has 3 heterocycles. The van der Waals surface area contributed by atoms with E-state index in [4.69, 9.17) is 4.98 Å². The van der Waals surface area contributed by atoms with E-state index < -0.39 is 0 Å². The molecule has 128 valence electrons. The number of hydrogen-bond acceptors (Lipinski definition) is 4. The van der Waals surface area contributed by atoms with Gasteiger partial charge < -0.3 is 0 Å². The van der Waals surface area contributed by atoms with Crippen LogP contribution in [0.5, 0.6) is 0 Å². The summed E-state index contributed by atoms with van der Waals surface area (Å²) in [4.78, 5) is 26.5. The lowest BCUT2D eigenvalue weighted by Gasteiger charge is -2.14. The molecule has 0 spiro atoms. The van der Waals surface area contributed by atoms with Crippen LogP contribution in [0.2, 0.25) is 0 Å². The van der Waals surface area contributed by atoms with E-state index in [1.807, 2.05) is 37.3 Å². The molecule has 5 heteroatoms.